The molecular weight excluding hydrogens is 294 g/mol. The lowest BCUT2D eigenvalue weighted by molar-refractivity contribution is -0.386. The number of pyridine rings is 1. The van der Waals surface area contributed by atoms with Gasteiger partial charge in [-0.05, 0) is 22.0 Å². The third-order valence-electron chi connectivity index (χ3n) is 1.61. The van der Waals surface area contributed by atoms with Crippen molar-refractivity contribution >= 4 is 27.6 Å². The molecular formula is C7H3BrF2N2O4. The third-order valence-corrected chi connectivity index (χ3v) is 2.16. The van der Waals surface area contributed by atoms with Crippen LogP contribution in [0.1, 0.15) is 22.5 Å². The van der Waals surface area contributed by atoms with Crippen molar-refractivity contribution in [1.29, 1.82) is 0 Å². The van der Waals surface area contributed by atoms with E-state index in [2.05, 4.69) is 20.9 Å². The smallest absolute Gasteiger partial charge is 0.342 e. The standard InChI is InChI=1S/C7H3BrF2N2O4/c8-5-4(12(15)16)2(7(13)14)1-3(11-5)6(9)10/h1,6H,(H,13,14). The van der Waals surface area contributed by atoms with Gasteiger partial charge in [0, 0.05) is 0 Å². The number of carbonyl (C=O) groups is 1. The molecule has 1 aromatic heterocycles. The number of aromatic nitrogens is 1. The monoisotopic (exact) mass is 296 g/mol. The van der Waals surface area contributed by atoms with E-state index in [1.165, 1.54) is 0 Å². The van der Waals surface area contributed by atoms with E-state index < -0.39 is 38.9 Å². The summed E-state index contributed by atoms with van der Waals surface area (Å²) in [5.74, 6) is -1.67. The molecule has 0 spiro atoms. The van der Waals surface area contributed by atoms with Gasteiger partial charge >= 0.3 is 11.7 Å². The molecule has 1 N–H and O–H groups in total. The first-order valence-electron chi connectivity index (χ1n) is 3.71. The Labute approximate surface area is 95.2 Å². The van der Waals surface area contributed by atoms with Crippen LogP contribution in [0, 0.1) is 10.1 Å². The maximum absolute atomic E-state index is 12.3. The minimum Gasteiger partial charge on any atom is -0.477 e. The molecule has 16 heavy (non-hydrogen) atoms. The van der Waals surface area contributed by atoms with Gasteiger partial charge in [-0.25, -0.2) is 18.6 Å². The zero-order chi connectivity index (χ0) is 12.5. The van der Waals surface area contributed by atoms with Gasteiger partial charge in [-0.15, -0.1) is 0 Å². The third kappa shape index (κ3) is 2.30. The Morgan fingerprint density at radius 3 is 2.56 bits per heavy atom. The zero-order valence-electron chi connectivity index (χ0n) is 7.35. The van der Waals surface area contributed by atoms with E-state index in [9.17, 15) is 23.7 Å². The Kier molecular flexibility index (Phi) is 3.48. The quantitative estimate of drug-likeness (QED) is 0.525. The number of halogens is 3. The molecule has 9 heteroatoms. The van der Waals surface area contributed by atoms with Crippen molar-refractivity contribution in [1.82, 2.24) is 4.98 Å². The van der Waals surface area contributed by atoms with Crippen LogP contribution in [-0.4, -0.2) is 21.0 Å². The van der Waals surface area contributed by atoms with Crippen molar-refractivity contribution in [3.63, 3.8) is 0 Å². The van der Waals surface area contributed by atoms with Crippen LogP contribution in [0.25, 0.3) is 0 Å². The number of carboxylic acids is 1. The average molecular weight is 297 g/mol. The molecule has 6 nitrogen and oxygen atoms in total. The van der Waals surface area contributed by atoms with Crippen LogP contribution >= 0.6 is 15.9 Å². The predicted octanol–water partition coefficient (Wildman–Crippen LogP) is 2.39. The molecule has 1 aromatic rings. The highest BCUT2D eigenvalue weighted by Crippen LogP contribution is 2.30. The normalized spacial score (nSPS) is 10.5. The van der Waals surface area contributed by atoms with Crippen LogP contribution in [0.4, 0.5) is 14.5 Å². The molecule has 0 saturated carbocycles. The molecule has 0 bridgehead atoms. The summed E-state index contributed by atoms with van der Waals surface area (Å²) in [4.78, 5) is 23.4. The largest absolute Gasteiger partial charge is 0.477 e. The van der Waals surface area contributed by atoms with Gasteiger partial charge in [0.2, 0.25) is 0 Å². The molecule has 1 heterocycles. The van der Waals surface area contributed by atoms with Gasteiger partial charge in [-0.1, -0.05) is 0 Å². The molecule has 0 fully saturated rings. The highest BCUT2D eigenvalue weighted by Gasteiger charge is 2.27. The number of carboxylic acid groups (broad SMARTS) is 1. The van der Waals surface area contributed by atoms with Crippen molar-refractivity contribution in [2.24, 2.45) is 0 Å². The fraction of sp³-hybridized carbons (Fsp3) is 0.143. The van der Waals surface area contributed by atoms with E-state index in [0.717, 1.165) is 0 Å². The Morgan fingerprint density at radius 1 is 1.62 bits per heavy atom. The molecule has 0 radical (unpaired) electrons. The summed E-state index contributed by atoms with van der Waals surface area (Å²) in [6.45, 7) is 0. The van der Waals surface area contributed by atoms with Gasteiger partial charge in [0.15, 0.2) is 4.60 Å². The van der Waals surface area contributed by atoms with Crippen molar-refractivity contribution in [3.8, 4) is 0 Å². The summed E-state index contributed by atoms with van der Waals surface area (Å²) in [5.41, 5.74) is -2.52. The lowest BCUT2D eigenvalue weighted by atomic mass is 10.2. The van der Waals surface area contributed by atoms with Crippen molar-refractivity contribution in [2.75, 3.05) is 0 Å². The fourth-order valence-corrected chi connectivity index (χ4v) is 1.54. The van der Waals surface area contributed by atoms with Gasteiger partial charge < -0.3 is 5.11 Å². The first kappa shape index (κ1) is 12.4. The van der Waals surface area contributed by atoms with Gasteiger partial charge in [0.05, 0.1) is 4.92 Å². The zero-order valence-corrected chi connectivity index (χ0v) is 8.94. The predicted molar refractivity (Wildman–Crippen MR) is 50.5 cm³/mol. The molecule has 0 aliphatic heterocycles. The van der Waals surface area contributed by atoms with Crippen LogP contribution in [0.2, 0.25) is 0 Å². The van der Waals surface area contributed by atoms with E-state index in [4.69, 9.17) is 5.11 Å². The molecule has 86 valence electrons. The van der Waals surface area contributed by atoms with Gasteiger partial charge in [-0.3, -0.25) is 10.1 Å². The number of nitro groups is 1. The summed E-state index contributed by atoms with van der Waals surface area (Å²) >= 11 is 2.59. The minimum atomic E-state index is -3.00. The second-order valence-corrected chi connectivity index (χ2v) is 3.35. The number of hydrogen-bond donors (Lipinski definition) is 1. The highest BCUT2D eigenvalue weighted by atomic mass is 79.9. The Balaban J connectivity index is 3.52. The van der Waals surface area contributed by atoms with E-state index in [0.29, 0.717) is 6.07 Å². The second kappa shape index (κ2) is 4.47. The second-order valence-electron chi connectivity index (χ2n) is 2.60. The topological polar surface area (TPSA) is 93.3 Å². The molecule has 0 amide bonds. The fourth-order valence-electron chi connectivity index (χ4n) is 0.974. The average Bonchev–Trinajstić information content (AvgIpc) is 2.15. The maximum Gasteiger partial charge on any atom is 0.342 e. The number of nitrogens with zero attached hydrogens (tertiary/aromatic N) is 2. The number of alkyl halides is 2. The van der Waals surface area contributed by atoms with Gasteiger partial charge in [0.1, 0.15) is 11.3 Å². The Hall–Kier alpha value is -1.64. The molecule has 0 aromatic carbocycles. The summed E-state index contributed by atoms with van der Waals surface area (Å²) < 4.78 is 24.0. The van der Waals surface area contributed by atoms with E-state index in [1.807, 2.05) is 0 Å². The molecule has 0 saturated heterocycles. The first-order chi connectivity index (χ1) is 7.34. The van der Waals surface area contributed by atoms with Gasteiger partial charge in [-0.2, -0.15) is 0 Å². The van der Waals surface area contributed by atoms with Crippen LogP contribution in [-0.2, 0) is 0 Å². The number of aromatic carboxylic acids is 1. The molecule has 0 atom stereocenters. The summed E-state index contributed by atoms with van der Waals surface area (Å²) in [6.07, 6.45) is -3.00. The van der Waals surface area contributed by atoms with Crippen molar-refractivity contribution in [2.45, 2.75) is 6.43 Å². The lowest BCUT2D eigenvalue weighted by Crippen LogP contribution is -2.07. The van der Waals surface area contributed by atoms with Crippen molar-refractivity contribution < 1.29 is 23.6 Å². The first-order valence-corrected chi connectivity index (χ1v) is 4.50. The van der Waals surface area contributed by atoms with E-state index in [1.54, 1.807) is 0 Å². The highest BCUT2D eigenvalue weighted by molar-refractivity contribution is 9.10. The Morgan fingerprint density at radius 2 is 2.19 bits per heavy atom. The van der Waals surface area contributed by atoms with E-state index in [-0.39, 0.29) is 0 Å². The van der Waals surface area contributed by atoms with Crippen molar-refractivity contribution in [3.05, 3.63) is 32.0 Å². The minimum absolute atomic E-state index is 0.482. The number of hydrogen-bond acceptors (Lipinski definition) is 4. The lowest BCUT2D eigenvalue weighted by Gasteiger charge is -2.03. The van der Waals surface area contributed by atoms with Crippen LogP contribution < -0.4 is 0 Å². The van der Waals surface area contributed by atoms with Crippen LogP contribution in [0.3, 0.4) is 0 Å². The Bertz CT molecular complexity index is 466. The van der Waals surface area contributed by atoms with Crippen LogP contribution in [0.15, 0.2) is 10.7 Å². The number of rotatable bonds is 3. The maximum atomic E-state index is 12.3. The SMILES string of the molecule is O=C(O)c1cc(C(F)F)nc(Br)c1[N+](=O)[O-]. The molecule has 0 unspecified atom stereocenters. The van der Waals surface area contributed by atoms with E-state index >= 15 is 0 Å². The summed E-state index contributed by atoms with van der Waals surface area (Å²) in [7, 11) is 0. The summed E-state index contributed by atoms with van der Waals surface area (Å²) in [6, 6.07) is 0.482. The molecule has 0 aliphatic carbocycles. The van der Waals surface area contributed by atoms with Gasteiger partial charge in [0.25, 0.3) is 6.43 Å². The molecule has 0 aliphatic rings. The van der Waals surface area contributed by atoms with Crippen LogP contribution in [0.5, 0.6) is 0 Å². The molecule has 1 rings (SSSR count). The summed E-state index contributed by atoms with van der Waals surface area (Å²) in [5, 5.41) is 19.2.